The van der Waals surface area contributed by atoms with E-state index in [0.29, 0.717) is 17.4 Å². The molecule has 90 heavy (non-hydrogen) atoms. The summed E-state index contributed by atoms with van der Waals surface area (Å²) in [7, 11) is 1.19. The van der Waals surface area contributed by atoms with Crippen LogP contribution in [0.3, 0.4) is 0 Å². The van der Waals surface area contributed by atoms with Crippen LogP contribution in [0.15, 0.2) is 48.6 Å². The Balaban J connectivity index is 3.91. The molecule has 0 aromatic heterocycles. The van der Waals surface area contributed by atoms with Crippen molar-refractivity contribution in [3.8, 4) is 0 Å². The maximum atomic E-state index is 12.9. The Morgan fingerprint density at radius 1 is 0.356 bits per heavy atom. The number of unbranched alkanes of at least 4 members (excludes halogenated alkanes) is 52. The molecule has 9 nitrogen and oxygen atoms in total. The second kappa shape index (κ2) is 71.3. The van der Waals surface area contributed by atoms with Gasteiger partial charge in [0.05, 0.1) is 27.7 Å². The smallest absolute Gasteiger partial charge is 0.306 e. The summed E-state index contributed by atoms with van der Waals surface area (Å²) in [6.07, 6.45) is 93.8. The topological polar surface area (TPSA) is 111 Å². The lowest BCUT2D eigenvalue weighted by atomic mass is 10.0. The summed E-state index contributed by atoms with van der Waals surface area (Å²) < 4.78 is 34.4. The van der Waals surface area contributed by atoms with Gasteiger partial charge in [0.2, 0.25) is 0 Å². The maximum Gasteiger partial charge on any atom is 0.306 e. The molecule has 0 amide bonds. The van der Waals surface area contributed by atoms with Crippen molar-refractivity contribution < 1.29 is 42.1 Å². The SMILES string of the molecule is CC/C=C\C/C=C\C/C=C\C/C=C\CCCCCCCCCCCCCCCCCCCCCCCCCCC(=O)OC(COC(=O)CCCCCCCCCCCCCCCCCCCCCCCCCCCCCCC)COP(=O)([O-])OCC[N+](C)(C)C. The standard InChI is InChI=1S/C80H152NO8P/c1-6-8-10-12-14-16-18-20-22-24-26-28-30-32-34-36-37-38-39-40-41-42-43-45-47-49-51-53-55-57-59-61-63-65-67-69-71-73-80(83)89-78(77-88-90(84,85)87-75-74-81(3,4)5)76-86-79(82)72-70-68-66-64-62-60-58-56-54-52-50-48-46-44-35-33-31-29-27-25-23-21-19-17-15-13-11-9-7-2/h8,10,14,16,20,22,26,28,78H,6-7,9,11-13,15,17-19,21,23-25,27,29-77H2,1-5H3/b10-8-,16-14-,22-20-,28-26-. The van der Waals surface area contributed by atoms with Gasteiger partial charge in [0.1, 0.15) is 19.8 Å². The third-order valence-corrected chi connectivity index (χ3v) is 18.8. The quantitative estimate of drug-likeness (QED) is 0.0195. The first kappa shape index (κ1) is 88.0. The van der Waals surface area contributed by atoms with E-state index in [9.17, 15) is 19.0 Å². The number of carbonyl (C=O) groups excluding carboxylic acids is 2. The Hall–Kier alpha value is -2.03. The van der Waals surface area contributed by atoms with E-state index in [1.165, 1.54) is 308 Å². The number of allylic oxidation sites excluding steroid dienone is 8. The molecule has 2 atom stereocenters. The zero-order chi connectivity index (χ0) is 65.5. The molecular formula is C80H152NO8P. The van der Waals surface area contributed by atoms with Crippen molar-refractivity contribution in [2.24, 2.45) is 0 Å². The summed E-state index contributed by atoms with van der Waals surface area (Å²) in [5.41, 5.74) is 0. The van der Waals surface area contributed by atoms with Crippen LogP contribution in [0.4, 0.5) is 0 Å². The van der Waals surface area contributed by atoms with Gasteiger partial charge in [-0.05, 0) is 51.4 Å². The third kappa shape index (κ3) is 75.0. The van der Waals surface area contributed by atoms with E-state index in [1.807, 2.05) is 21.1 Å². The molecular weight excluding hydrogens is 1130 g/mol. The average Bonchev–Trinajstić information content (AvgIpc) is 3.58. The number of nitrogens with zero attached hydrogens (tertiary/aromatic N) is 1. The second-order valence-corrected chi connectivity index (χ2v) is 29.5. The number of hydrogen-bond acceptors (Lipinski definition) is 8. The van der Waals surface area contributed by atoms with Gasteiger partial charge in [-0.1, -0.05) is 383 Å². The van der Waals surface area contributed by atoms with Crippen LogP contribution in [0.5, 0.6) is 0 Å². The van der Waals surface area contributed by atoms with Crippen LogP contribution in [0.1, 0.15) is 399 Å². The monoisotopic (exact) mass is 1290 g/mol. The van der Waals surface area contributed by atoms with Crippen molar-refractivity contribution in [2.45, 2.75) is 405 Å². The lowest BCUT2D eigenvalue weighted by Crippen LogP contribution is -2.37. The molecule has 0 aromatic rings. The van der Waals surface area contributed by atoms with Crippen molar-refractivity contribution in [1.29, 1.82) is 0 Å². The van der Waals surface area contributed by atoms with E-state index in [0.717, 1.165) is 57.8 Å². The van der Waals surface area contributed by atoms with Crippen LogP contribution in [-0.4, -0.2) is 70.0 Å². The highest BCUT2D eigenvalue weighted by molar-refractivity contribution is 7.45. The minimum Gasteiger partial charge on any atom is -0.756 e. The molecule has 10 heteroatoms. The van der Waals surface area contributed by atoms with E-state index in [1.54, 1.807) is 0 Å². The van der Waals surface area contributed by atoms with Gasteiger partial charge in [-0.3, -0.25) is 14.2 Å². The fraction of sp³-hybridized carbons (Fsp3) is 0.875. The van der Waals surface area contributed by atoms with E-state index >= 15 is 0 Å². The minimum atomic E-state index is -4.64. The molecule has 0 rings (SSSR count). The lowest BCUT2D eigenvalue weighted by Gasteiger charge is -2.28. The van der Waals surface area contributed by atoms with Crippen molar-refractivity contribution in [3.63, 3.8) is 0 Å². The number of quaternary nitrogens is 1. The number of phosphoric ester groups is 1. The Morgan fingerprint density at radius 2 is 0.633 bits per heavy atom. The van der Waals surface area contributed by atoms with Gasteiger partial charge >= 0.3 is 11.9 Å². The molecule has 0 N–H and O–H groups in total. The molecule has 0 fully saturated rings. The van der Waals surface area contributed by atoms with E-state index in [-0.39, 0.29) is 32.0 Å². The summed E-state index contributed by atoms with van der Waals surface area (Å²) in [5, 5.41) is 0. The summed E-state index contributed by atoms with van der Waals surface area (Å²) in [4.78, 5) is 38.2. The Labute approximate surface area is 560 Å². The molecule has 0 aromatic carbocycles. The first-order valence-electron chi connectivity index (χ1n) is 39.3. The van der Waals surface area contributed by atoms with E-state index in [4.69, 9.17) is 18.5 Å². The van der Waals surface area contributed by atoms with Gasteiger partial charge in [0.15, 0.2) is 6.10 Å². The molecule has 0 aliphatic carbocycles. The summed E-state index contributed by atoms with van der Waals surface area (Å²) >= 11 is 0. The van der Waals surface area contributed by atoms with Crippen LogP contribution >= 0.6 is 7.82 Å². The number of ether oxygens (including phenoxy) is 2. The van der Waals surface area contributed by atoms with Crippen molar-refractivity contribution in [1.82, 2.24) is 0 Å². The Morgan fingerprint density at radius 3 is 0.944 bits per heavy atom. The largest absolute Gasteiger partial charge is 0.756 e. The molecule has 0 spiro atoms. The number of hydrogen-bond donors (Lipinski definition) is 0. The highest BCUT2D eigenvalue weighted by Gasteiger charge is 2.22. The first-order valence-corrected chi connectivity index (χ1v) is 40.8. The summed E-state index contributed by atoms with van der Waals surface area (Å²) in [6, 6.07) is 0. The fourth-order valence-electron chi connectivity index (χ4n) is 11.9. The zero-order valence-electron chi connectivity index (χ0n) is 60.6. The molecule has 0 aliphatic rings. The molecule has 0 radical (unpaired) electrons. The van der Waals surface area contributed by atoms with Gasteiger partial charge < -0.3 is 27.9 Å². The van der Waals surface area contributed by atoms with Crippen LogP contribution in [0.25, 0.3) is 0 Å². The number of likely N-dealkylation sites (N-methyl/N-ethyl adjacent to an activating group) is 1. The lowest BCUT2D eigenvalue weighted by molar-refractivity contribution is -0.870. The van der Waals surface area contributed by atoms with Crippen LogP contribution in [0, 0.1) is 0 Å². The number of carbonyl (C=O) groups is 2. The molecule has 0 heterocycles. The number of rotatable bonds is 74. The van der Waals surface area contributed by atoms with E-state index in [2.05, 4.69) is 62.5 Å². The predicted molar refractivity (Wildman–Crippen MR) is 388 cm³/mol. The van der Waals surface area contributed by atoms with Gasteiger partial charge in [0, 0.05) is 12.8 Å². The molecule has 2 unspecified atom stereocenters. The number of phosphoric acid groups is 1. The van der Waals surface area contributed by atoms with Crippen molar-refractivity contribution >= 4 is 19.8 Å². The first-order chi connectivity index (χ1) is 44.0. The third-order valence-electron chi connectivity index (χ3n) is 17.9. The normalized spacial score (nSPS) is 13.3. The van der Waals surface area contributed by atoms with Gasteiger partial charge in [-0.25, -0.2) is 0 Å². The van der Waals surface area contributed by atoms with Crippen LogP contribution < -0.4 is 4.89 Å². The molecule has 530 valence electrons. The van der Waals surface area contributed by atoms with Crippen LogP contribution in [0.2, 0.25) is 0 Å². The van der Waals surface area contributed by atoms with Crippen LogP contribution in [-0.2, 0) is 32.7 Å². The molecule has 0 bridgehead atoms. The van der Waals surface area contributed by atoms with Gasteiger partial charge in [0.25, 0.3) is 7.82 Å². The number of esters is 2. The Bertz CT molecular complexity index is 1660. The molecule has 0 aliphatic heterocycles. The predicted octanol–water partition coefficient (Wildman–Crippen LogP) is 25.3. The molecule has 0 saturated heterocycles. The zero-order valence-corrected chi connectivity index (χ0v) is 61.5. The fourth-order valence-corrected chi connectivity index (χ4v) is 12.6. The van der Waals surface area contributed by atoms with Crippen molar-refractivity contribution in [3.05, 3.63) is 48.6 Å². The average molecular weight is 1290 g/mol. The highest BCUT2D eigenvalue weighted by atomic mass is 31.2. The minimum absolute atomic E-state index is 0.0272. The van der Waals surface area contributed by atoms with Crippen molar-refractivity contribution in [2.75, 3.05) is 47.5 Å². The second-order valence-electron chi connectivity index (χ2n) is 28.1. The molecule has 0 saturated carbocycles. The maximum absolute atomic E-state index is 12.9. The summed E-state index contributed by atoms with van der Waals surface area (Å²) in [5.74, 6) is -0.807. The highest BCUT2D eigenvalue weighted by Crippen LogP contribution is 2.38. The van der Waals surface area contributed by atoms with Gasteiger partial charge in [-0.2, -0.15) is 0 Å². The summed E-state index contributed by atoms with van der Waals surface area (Å²) in [6.45, 7) is 4.21. The van der Waals surface area contributed by atoms with E-state index < -0.39 is 26.5 Å². The Kier molecular flexibility index (Phi) is 69.7. The van der Waals surface area contributed by atoms with Gasteiger partial charge in [-0.15, -0.1) is 0 Å².